The second-order valence-electron chi connectivity index (χ2n) is 3.12. The van der Waals surface area contributed by atoms with E-state index in [1.807, 2.05) is 30.3 Å². The van der Waals surface area contributed by atoms with E-state index in [0.717, 1.165) is 5.56 Å². The van der Waals surface area contributed by atoms with Crippen molar-refractivity contribution in [3.8, 4) is 12.3 Å². The van der Waals surface area contributed by atoms with E-state index in [1.165, 1.54) is 0 Å². The average Bonchev–Trinajstić information content (AvgIpc) is 2.63. The number of benzene rings is 1. The maximum absolute atomic E-state index is 11.0. The van der Waals surface area contributed by atoms with E-state index in [1.54, 1.807) is 0 Å². The molecule has 1 aliphatic heterocycles. The Labute approximate surface area is 82.1 Å². The highest BCUT2D eigenvalue weighted by atomic mass is 16.6. The third kappa shape index (κ3) is 1.21. The van der Waals surface area contributed by atoms with Gasteiger partial charge in [0.2, 0.25) is 0 Å². The van der Waals surface area contributed by atoms with E-state index in [0.29, 0.717) is 0 Å². The monoisotopic (exact) mass is 187 g/mol. The van der Waals surface area contributed by atoms with Crippen LogP contribution in [-0.2, 0) is 10.3 Å². The normalized spacial score (nSPS) is 24.9. The van der Waals surface area contributed by atoms with Crippen LogP contribution in [0.4, 0.5) is 4.79 Å². The summed E-state index contributed by atoms with van der Waals surface area (Å²) in [6, 6.07) is 9.38. The molecule has 1 N–H and O–H groups in total. The van der Waals surface area contributed by atoms with Crippen LogP contribution in [-0.4, -0.2) is 12.7 Å². The quantitative estimate of drug-likeness (QED) is 0.672. The summed E-state index contributed by atoms with van der Waals surface area (Å²) in [5.74, 6) is 2.57. The summed E-state index contributed by atoms with van der Waals surface area (Å²) in [5, 5.41) is 2.64. The van der Waals surface area contributed by atoms with E-state index < -0.39 is 11.6 Å². The second-order valence-corrected chi connectivity index (χ2v) is 3.12. The lowest BCUT2D eigenvalue weighted by Crippen LogP contribution is -2.38. The minimum absolute atomic E-state index is 0.187. The Kier molecular flexibility index (Phi) is 1.90. The average molecular weight is 187 g/mol. The molecule has 70 valence electrons. The third-order valence-electron chi connectivity index (χ3n) is 2.25. The van der Waals surface area contributed by atoms with Crippen LogP contribution in [0, 0.1) is 12.3 Å². The Bertz CT molecular complexity index is 393. The van der Waals surface area contributed by atoms with Gasteiger partial charge in [-0.3, -0.25) is 5.32 Å². The molecule has 1 amide bonds. The molecule has 0 bridgehead atoms. The van der Waals surface area contributed by atoms with Gasteiger partial charge in [-0.2, -0.15) is 0 Å². The van der Waals surface area contributed by atoms with Gasteiger partial charge in [0.15, 0.2) is 5.54 Å². The van der Waals surface area contributed by atoms with Crippen LogP contribution < -0.4 is 5.32 Å². The van der Waals surface area contributed by atoms with Crippen molar-refractivity contribution < 1.29 is 9.53 Å². The maximum atomic E-state index is 11.0. The molecule has 0 saturated carbocycles. The van der Waals surface area contributed by atoms with Crippen molar-refractivity contribution in [2.24, 2.45) is 0 Å². The number of rotatable bonds is 1. The molecular formula is C11H9NO2. The second kappa shape index (κ2) is 3.08. The van der Waals surface area contributed by atoms with E-state index in [-0.39, 0.29) is 6.61 Å². The maximum Gasteiger partial charge on any atom is 0.408 e. The number of cyclic esters (lactones) is 1. The first-order valence-electron chi connectivity index (χ1n) is 4.25. The van der Waals surface area contributed by atoms with Crippen molar-refractivity contribution in [3.63, 3.8) is 0 Å². The largest absolute Gasteiger partial charge is 0.446 e. The Hall–Kier alpha value is -1.95. The zero-order chi connectivity index (χ0) is 10.0. The van der Waals surface area contributed by atoms with E-state index in [2.05, 4.69) is 11.2 Å². The molecule has 1 heterocycles. The van der Waals surface area contributed by atoms with Crippen molar-refractivity contribution in [1.29, 1.82) is 0 Å². The number of terminal acetylenes is 1. The van der Waals surface area contributed by atoms with Gasteiger partial charge in [0.1, 0.15) is 6.61 Å². The molecule has 3 heteroatoms. The zero-order valence-electron chi connectivity index (χ0n) is 7.49. The van der Waals surface area contributed by atoms with Crippen LogP contribution in [0.15, 0.2) is 30.3 Å². The van der Waals surface area contributed by atoms with Crippen molar-refractivity contribution in [3.05, 3.63) is 35.9 Å². The molecule has 2 rings (SSSR count). The molecule has 1 aliphatic rings. The lowest BCUT2D eigenvalue weighted by Gasteiger charge is -2.19. The zero-order valence-corrected chi connectivity index (χ0v) is 7.49. The molecule has 1 aromatic carbocycles. The molecule has 1 saturated heterocycles. The van der Waals surface area contributed by atoms with Gasteiger partial charge < -0.3 is 4.74 Å². The Balaban J connectivity index is 2.41. The van der Waals surface area contributed by atoms with E-state index >= 15 is 0 Å². The summed E-state index contributed by atoms with van der Waals surface area (Å²) in [7, 11) is 0. The first-order valence-corrected chi connectivity index (χ1v) is 4.25. The molecule has 1 aromatic rings. The summed E-state index contributed by atoms with van der Waals surface area (Å²) in [5.41, 5.74) is 0.0755. The summed E-state index contributed by atoms with van der Waals surface area (Å²) in [4.78, 5) is 11.0. The van der Waals surface area contributed by atoms with Crippen LogP contribution in [0.5, 0.6) is 0 Å². The number of carbonyl (C=O) groups is 1. The molecule has 0 radical (unpaired) electrons. The molecule has 1 fully saturated rings. The number of alkyl carbamates (subject to hydrolysis) is 1. The Morgan fingerprint density at radius 3 is 2.64 bits per heavy atom. The number of nitrogens with one attached hydrogen (secondary N) is 1. The number of hydrogen-bond acceptors (Lipinski definition) is 2. The van der Waals surface area contributed by atoms with Crippen LogP contribution in [0.25, 0.3) is 0 Å². The molecular weight excluding hydrogens is 178 g/mol. The SMILES string of the molecule is C#CC1(c2ccccc2)COC(=O)N1. The summed E-state index contributed by atoms with van der Waals surface area (Å²) < 4.78 is 4.82. The number of hydrogen-bond donors (Lipinski definition) is 1. The molecule has 14 heavy (non-hydrogen) atoms. The molecule has 3 nitrogen and oxygen atoms in total. The lowest BCUT2D eigenvalue weighted by molar-refractivity contribution is 0.175. The smallest absolute Gasteiger partial charge is 0.408 e. The molecule has 0 spiro atoms. The highest BCUT2D eigenvalue weighted by Crippen LogP contribution is 2.24. The standard InChI is InChI=1S/C11H9NO2/c1-2-11(8-14-10(13)12-11)9-6-4-3-5-7-9/h1,3-7H,8H2,(H,12,13). The fraction of sp³-hybridized carbons (Fsp3) is 0.182. The number of amides is 1. The van der Waals surface area contributed by atoms with Crippen molar-refractivity contribution in [2.45, 2.75) is 5.54 Å². The topological polar surface area (TPSA) is 38.3 Å². The highest BCUT2D eigenvalue weighted by Gasteiger charge is 2.39. The van der Waals surface area contributed by atoms with Gasteiger partial charge >= 0.3 is 6.09 Å². The first-order chi connectivity index (χ1) is 6.77. The lowest BCUT2D eigenvalue weighted by atomic mass is 9.92. The van der Waals surface area contributed by atoms with Crippen LogP contribution in [0.2, 0.25) is 0 Å². The highest BCUT2D eigenvalue weighted by molar-refractivity contribution is 5.72. The minimum atomic E-state index is -0.793. The van der Waals surface area contributed by atoms with Gasteiger partial charge in [0, 0.05) is 0 Å². The van der Waals surface area contributed by atoms with Gasteiger partial charge in [-0.05, 0) is 5.56 Å². The number of carbonyl (C=O) groups excluding carboxylic acids is 1. The van der Waals surface area contributed by atoms with Crippen molar-refractivity contribution in [2.75, 3.05) is 6.61 Å². The molecule has 1 unspecified atom stereocenters. The van der Waals surface area contributed by atoms with Gasteiger partial charge in [0.25, 0.3) is 0 Å². The van der Waals surface area contributed by atoms with Crippen molar-refractivity contribution >= 4 is 6.09 Å². The minimum Gasteiger partial charge on any atom is -0.446 e. The fourth-order valence-electron chi connectivity index (χ4n) is 1.46. The van der Waals surface area contributed by atoms with Gasteiger partial charge in [-0.1, -0.05) is 36.3 Å². The number of ether oxygens (including phenoxy) is 1. The van der Waals surface area contributed by atoms with Gasteiger partial charge in [-0.25, -0.2) is 4.79 Å². The fourth-order valence-corrected chi connectivity index (χ4v) is 1.46. The van der Waals surface area contributed by atoms with Gasteiger partial charge in [-0.15, -0.1) is 6.42 Å². The van der Waals surface area contributed by atoms with Crippen LogP contribution in [0.1, 0.15) is 5.56 Å². The molecule has 0 aliphatic carbocycles. The molecule has 0 aromatic heterocycles. The molecule has 1 atom stereocenters. The predicted molar refractivity (Wildman–Crippen MR) is 51.4 cm³/mol. The van der Waals surface area contributed by atoms with Crippen LogP contribution in [0.3, 0.4) is 0 Å². The summed E-state index contributed by atoms with van der Waals surface area (Å²) in [6.07, 6.45) is 4.95. The third-order valence-corrected chi connectivity index (χ3v) is 2.25. The summed E-state index contributed by atoms with van der Waals surface area (Å²) in [6.45, 7) is 0.187. The summed E-state index contributed by atoms with van der Waals surface area (Å²) >= 11 is 0. The first kappa shape index (κ1) is 8.64. The van der Waals surface area contributed by atoms with Gasteiger partial charge in [0.05, 0.1) is 0 Å². The Morgan fingerprint density at radius 1 is 1.43 bits per heavy atom. The predicted octanol–water partition coefficient (Wildman–Crippen LogP) is 1.25. The van der Waals surface area contributed by atoms with E-state index in [4.69, 9.17) is 11.2 Å². The van der Waals surface area contributed by atoms with E-state index in [9.17, 15) is 4.79 Å². The van der Waals surface area contributed by atoms with Crippen molar-refractivity contribution in [1.82, 2.24) is 5.32 Å². The Morgan fingerprint density at radius 2 is 2.14 bits per heavy atom. The van der Waals surface area contributed by atoms with Crippen LogP contribution >= 0.6 is 0 Å².